The molecule has 16 heavy (non-hydrogen) atoms. The molecule has 90 valence electrons. The largest absolute Gasteiger partial charge is 0.467 e. The SMILES string of the molecule is CC1CCCN(Cc2occc2Br)C1CN. The molecule has 1 aromatic heterocycles. The van der Waals surface area contributed by atoms with Gasteiger partial charge in [0.1, 0.15) is 5.76 Å². The van der Waals surface area contributed by atoms with Crippen LogP contribution in [0.2, 0.25) is 0 Å². The highest BCUT2D eigenvalue weighted by Gasteiger charge is 2.28. The second-order valence-corrected chi connectivity index (χ2v) is 5.44. The van der Waals surface area contributed by atoms with Gasteiger partial charge in [-0.05, 0) is 47.3 Å². The Kier molecular flexibility index (Phi) is 4.05. The number of likely N-dealkylation sites (tertiary alicyclic amines) is 1. The maximum absolute atomic E-state index is 5.87. The van der Waals surface area contributed by atoms with Crippen molar-refractivity contribution in [3.05, 3.63) is 22.6 Å². The molecule has 2 heterocycles. The molecule has 0 spiro atoms. The van der Waals surface area contributed by atoms with Crippen molar-refractivity contribution in [1.82, 2.24) is 4.90 Å². The Morgan fingerprint density at radius 3 is 3.06 bits per heavy atom. The molecule has 2 unspecified atom stereocenters. The standard InChI is InChI=1S/C12H19BrN2O/c1-9-3-2-5-15(11(9)7-14)8-12-10(13)4-6-16-12/h4,6,9,11H,2-3,5,7-8,14H2,1H3. The van der Waals surface area contributed by atoms with Crippen LogP contribution in [0.1, 0.15) is 25.5 Å². The lowest BCUT2D eigenvalue weighted by atomic mass is 9.91. The van der Waals surface area contributed by atoms with Crippen molar-refractivity contribution in [2.24, 2.45) is 11.7 Å². The van der Waals surface area contributed by atoms with Gasteiger partial charge < -0.3 is 10.2 Å². The summed E-state index contributed by atoms with van der Waals surface area (Å²) >= 11 is 3.50. The topological polar surface area (TPSA) is 42.4 Å². The molecule has 2 rings (SSSR count). The zero-order valence-electron chi connectivity index (χ0n) is 9.66. The van der Waals surface area contributed by atoms with Gasteiger partial charge >= 0.3 is 0 Å². The molecule has 1 aliphatic heterocycles. The van der Waals surface area contributed by atoms with Gasteiger partial charge in [0.2, 0.25) is 0 Å². The number of furan rings is 1. The van der Waals surface area contributed by atoms with Crippen LogP contribution in [-0.2, 0) is 6.54 Å². The summed E-state index contributed by atoms with van der Waals surface area (Å²) < 4.78 is 6.52. The number of nitrogens with zero attached hydrogens (tertiary/aromatic N) is 1. The van der Waals surface area contributed by atoms with Gasteiger partial charge in [-0.3, -0.25) is 4.90 Å². The van der Waals surface area contributed by atoms with Crippen molar-refractivity contribution < 1.29 is 4.42 Å². The van der Waals surface area contributed by atoms with Crippen LogP contribution in [0.5, 0.6) is 0 Å². The second-order valence-electron chi connectivity index (χ2n) is 4.58. The van der Waals surface area contributed by atoms with Gasteiger partial charge in [0, 0.05) is 12.6 Å². The van der Waals surface area contributed by atoms with Crippen molar-refractivity contribution in [3.8, 4) is 0 Å². The zero-order chi connectivity index (χ0) is 11.5. The third-order valence-electron chi connectivity index (χ3n) is 3.51. The van der Waals surface area contributed by atoms with Crippen LogP contribution in [0.3, 0.4) is 0 Å². The summed E-state index contributed by atoms with van der Waals surface area (Å²) in [7, 11) is 0. The Balaban J connectivity index is 2.05. The summed E-state index contributed by atoms with van der Waals surface area (Å²) in [6, 6.07) is 2.44. The maximum Gasteiger partial charge on any atom is 0.131 e. The van der Waals surface area contributed by atoms with Crippen LogP contribution >= 0.6 is 15.9 Å². The van der Waals surface area contributed by atoms with Crippen LogP contribution in [0.4, 0.5) is 0 Å². The first-order valence-corrected chi connectivity index (χ1v) is 6.67. The Morgan fingerprint density at radius 2 is 2.44 bits per heavy atom. The molecule has 0 radical (unpaired) electrons. The fourth-order valence-electron chi connectivity index (χ4n) is 2.53. The van der Waals surface area contributed by atoms with E-state index in [0.717, 1.165) is 29.9 Å². The van der Waals surface area contributed by atoms with E-state index in [-0.39, 0.29) is 0 Å². The summed E-state index contributed by atoms with van der Waals surface area (Å²) in [6.45, 7) is 5.01. The number of rotatable bonds is 3. The fraction of sp³-hybridized carbons (Fsp3) is 0.667. The van der Waals surface area contributed by atoms with Gasteiger partial charge in [0.15, 0.2) is 0 Å². The Bertz CT molecular complexity index is 340. The molecule has 2 atom stereocenters. The Labute approximate surface area is 105 Å². The van der Waals surface area contributed by atoms with Gasteiger partial charge in [0.05, 0.1) is 17.3 Å². The van der Waals surface area contributed by atoms with E-state index < -0.39 is 0 Å². The third kappa shape index (κ3) is 2.50. The van der Waals surface area contributed by atoms with E-state index in [1.54, 1.807) is 6.26 Å². The lowest BCUT2D eigenvalue weighted by Gasteiger charge is -2.39. The van der Waals surface area contributed by atoms with E-state index in [2.05, 4.69) is 27.8 Å². The minimum absolute atomic E-state index is 0.491. The van der Waals surface area contributed by atoms with Gasteiger partial charge in [-0.25, -0.2) is 0 Å². The predicted molar refractivity (Wildman–Crippen MR) is 68.1 cm³/mol. The van der Waals surface area contributed by atoms with E-state index in [1.165, 1.54) is 12.8 Å². The normalized spacial score (nSPS) is 27.2. The highest BCUT2D eigenvalue weighted by molar-refractivity contribution is 9.10. The molecular formula is C12H19BrN2O. The van der Waals surface area contributed by atoms with Gasteiger partial charge in [-0.1, -0.05) is 6.92 Å². The van der Waals surface area contributed by atoms with Crippen LogP contribution in [0.25, 0.3) is 0 Å². The van der Waals surface area contributed by atoms with Gasteiger partial charge in [-0.15, -0.1) is 0 Å². The number of halogens is 1. The highest BCUT2D eigenvalue weighted by Crippen LogP contribution is 2.26. The Morgan fingerprint density at radius 1 is 1.62 bits per heavy atom. The number of hydrogen-bond donors (Lipinski definition) is 1. The van der Waals surface area contributed by atoms with Crippen molar-refractivity contribution in [2.75, 3.05) is 13.1 Å². The quantitative estimate of drug-likeness (QED) is 0.929. The van der Waals surface area contributed by atoms with Crippen LogP contribution in [-0.4, -0.2) is 24.0 Å². The number of piperidine rings is 1. The number of nitrogens with two attached hydrogens (primary N) is 1. The average molecular weight is 287 g/mol. The minimum atomic E-state index is 0.491. The third-order valence-corrected chi connectivity index (χ3v) is 4.22. The molecule has 4 heteroatoms. The van der Waals surface area contributed by atoms with Crippen LogP contribution in [0.15, 0.2) is 21.2 Å². The molecular weight excluding hydrogens is 268 g/mol. The molecule has 0 aliphatic carbocycles. The van der Waals surface area contributed by atoms with Crippen molar-refractivity contribution >= 4 is 15.9 Å². The molecule has 0 bridgehead atoms. The van der Waals surface area contributed by atoms with Crippen molar-refractivity contribution in [1.29, 1.82) is 0 Å². The van der Waals surface area contributed by atoms with Gasteiger partial charge in [0.25, 0.3) is 0 Å². The molecule has 1 fully saturated rings. The van der Waals surface area contributed by atoms with E-state index >= 15 is 0 Å². The summed E-state index contributed by atoms with van der Waals surface area (Å²) in [4.78, 5) is 2.44. The molecule has 0 aromatic carbocycles. The Hall–Kier alpha value is -0.320. The zero-order valence-corrected chi connectivity index (χ0v) is 11.2. The lowest BCUT2D eigenvalue weighted by Crippen LogP contribution is -2.47. The smallest absolute Gasteiger partial charge is 0.131 e. The fourth-order valence-corrected chi connectivity index (χ4v) is 2.86. The van der Waals surface area contributed by atoms with Crippen molar-refractivity contribution in [2.45, 2.75) is 32.4 Å². The first kappa shape index (κ1) is 12.1. The predicted octanol–water partition coefficient (Wildman–Crippen LogP) is 2.60. The van der Waals surface area contributed by atoms with Crippen LogP contribution < -0.4 is 5.73 Å². The lowest BCUT2D eigenvalue weighted by molar-refractivity contribution is 0.0914. The highest BCUT2D eigenvalue weighted by atomic mass is 79.9. The summed E-state index contributed by atoms with van der Waals surface area (Å²) in [5.74, 6) is 1.69. The molecule has 3 nitrogen and oxygen atoms in total. The number of hydrogen-bond acceptors (Lipinski definition) is 3. The molecule has 2 N–H and O–H groups in total. The molecule has 1 saturated heterocycles. The maximum atomic E-state index is 5.87. The van der Waals surface area contributed by atoms with E-state index in [0.29, 0.717) is 12.0 Å². The summed E-state index contributed by atoms with van der Waals surface area (Å²) in [6.07, 6.45) is 4.28. The second kappa shape index (κ2) is 5.34. The molecule has 1 aromatic rings. The molecule has 1 aliphatic rings. The van der Waals surface area contributed by atoms with E-state index in [9.17, 15) is 0 Å². The first-order chi connectivity index (χ1) is 7.72. The summed E-state index contributed by atoms with van der Waals surface area (Å²) in [5.41, 5.74) is 5.87. The first-order valence-electron chi connectivity index (χ1n) is 5.88. The van der Waals surface area contributed by atoms with E-state index in [1.807, 2.05) is 6.07 Å². The van der Waals surface area contributed by atoms with Crippen molar-refractivity contribution in [3.63, 3.8) is 0 Å². The van der Waals surface area contributed by atoms with Gasteiger partial charge in [-0.2, -0.15) is 0 Å². The molecule has 0 saturated carbocycles. The average Bonchev–Trinajstić information content (AvgIpc) is 2.65. The van der Waals surface area contributed by atoms with E-state index in [4.69, 9.17) is 10.2 Å². The monoisotopic (exact) mass is 286 g/mol. The minimum Gasteiger partial charge on any atom is -0.467 e. The summed E-state index contributed by atoms with van der Waals surface area (Å²) in [5, 5.41) is 0. The van der Waals surface area contributed by atoms with Crippen LogP contribution in [0, 0.1) is 5.92 Å². The molecule has 0 amide bonds.